The van der Waals surface area contributed by atoms with Gasteiger partial charge < -0.3 is 14.2 Å². The van der Waals surface area contributed by atoms with E-state index in [1.165, 1.54) is 5.56 Å². The van der Waals surface area contributed by atoms with E-state index >= 15 is 0 Å². The Labute approximate surface area is 120 Å². The van der Waals surface area contributed by atoms with Crippen molar-refractivity contribution in [3.63, 3.8) is 0 Å². The second-order valence-electron chi connectivity index (χ2n) is 6.30. The molecule has 2 heterocycles. The molecule has 3 heteroatoms. The van der Waals surface area contributed by atoms with Crippen LogP contribution >= 0.6 is 0 Å². The van der Waals surface area contributed by atoms with Crippen LogP contribution in [-0.4, -0.2) is 31.2 Å². The lowest BCUT2D eigenvalue weighted by molar-refractivity contribution is -0.267. The van der Waals surface area contributed by atoms with Crippen LogP contribution in [0.3, 0.4) is 0 Å². The van der Waals surface area contributed by atoms with Gasteiger partial charge in [-0.1, -0.05) is 50.3 Å². The van der Waals surface area contributed by atoms with Crippen LogP contribution < -0.4 is 0 Å². The van der Waals surface area contributed by atoms with Gasteiger partial charge in [0.15, 0.2) is 5.79 Å². The molecular formula is C17H22O3. The minimum absolute atomic E-state index is 0.00592. The maximum Gasteiger partial charge on any atom is 0.196 e. The smallest absolute Gasteiger partial charge is 0.196 e. The van der Waals surface area contributed by atoms with Crippen molar-refractivity contribution in [2.24, 2.45) is 5.41 Å². The third kappa shape index (κ3) is 2.41. The molecule has 3 nitrogen and oxygen atoms in total. The highest BCUT2D eigenvalue weighted by molar-refractivity contribution is 5.17. The fourth-order valence-corrected chi connectivity index (χ4v) is 2.99. The summed E-state index contributed by atoms with van der Waals surface area (Å²) in [5, 5.41) is 0. The van der Waals surface area contributed by atoms with Crippen LogP contribution in [-0.2, 0) is 20.6 Å². The molecule has 20 heavy (non-hydrogen) atoms. The van der Waals surface area contributed by atoms with Crippen molar-refractivity contribution < 1.29 is 14.2 Å². The Morgan fingerprint density at radius 3 is 2.80 bits per heavy atom. The van der Waals surface area contributed by atoms with Gasteiger partial charge in [-0.3, -0.25) is 0 Å². The number of hydrogen-bond acceptors (Lipinski definition) is 3. The fourth-order valence-electron chi connectivity index (χ4n) is 2.99. The molecule has 1 aromatic rings. The molecule has 0 aliphatic carbocycles. The third-order valence-electron chi connectivity index (χ3n) is 4.27. The van der Waals surface area contributed by atoms with E-state index in [-0.39, 0.29) is 17.6 Å². The predicted molar refractivity (Wildman–Crippen MR) is 77.4 cm³/mol. The minimum Gasteiger partial charge on any atom is -0.369 e. The summed E-state index contributed by atoms with van der Waals surface area (Å²) in [6.45, 7) is 9.21. The van der Waals surface area contributed by atoms with Gasteiger partial charge >= 0.3 is 0 Å². The van der Waals surface area contributed by atoms with Crippen LogP contribution in [0, 0.1) is 5.41 Å². The predicted octanol–water partition coefficient (Wildman–Crippen LogP) is 2.95. The standard InChI is InChI=1S/C17H22O3/c1-4-16(2,3)15-14-11-19-17(20-14,12-18-15)10-13-8-6-5-7-9-13/h4-9,14-15H,1,10-12H2,2-3H3/t14-,15+,17-/m0/s1. The highest BCUT2D eigenvalue weighted by Gasteiger charge is 2.52. The zero-order valence-electron chi connectivity index (χ0n) is 12.2. The van der Waals surface area contributed by atoms with Crippen LogP contribution in [0.5, 0.6) is 0 Å². The van der Waals surface area contributed by atoms with Crippen LogP contribution in [0.25, 0.3) is 0 Å². The highest BCUT2D eigenvalue weighted by Crippen LogP contribution is 2.41. The second-order valence-corrected chi connectivity index (χ2v) is 6.30. The molecule has 3 rings (SSSR count). The molecule has 2 fully saturated rings. The number of ether oxygens (including phenoxy) is 3. The largest absolute Gasteiger partial charge is 0.369 e. The lowest BCUT2D eigenvalue weighted by Crippen LogP contribution is -2.52. The Hall–Kier alpha value is -1.16. The van der Waals surface area contributed by atoms with Crippen molar-refractivity contribution in [2.75, 3.05) is 13.2 Å². The molecule has 2 aliphatic heterocycles. The van der Waals surface area contributed by atoms with E-state index < -0.39 is 5.79 Å². The van der Waals surface area contributed by atoms with Crippen LogP contribution in [0.4, 0.5) is 0 Å². The van der Waals surface area contributed by atoms with E-state index in [1.807, 2.05) is 24.3 Å². The maximum atomic E-state index is 6.19. The molecule has 0 aromatic heterocycles. The SMILES string of the molecule is C=CC(C)(C)[C@@H]1OC[C@@]2(Cc3ccccc3)OC[C@@H]1O2. The first kappa shape index (κ1) is 13.8. The Bertz CT molecular complexity index is 482. The first-order chi connectivity index (χ1) is 9.55. The summed E-state index contributed by atoms with van der Waals surface area (Å²) >= 11 is 0. The van der Waals surface area contributed by atoms with Crippen molar-refractivity contribution >= 4 is 0 Å². The molecule has 0 unspecified atom stereocenters. The van der Waals surface area contributed by atoms with E-state index in [2.05, 4.69) is 32.6 Å². The van der Waals surface area contributed by atoms with Crippen LogP contribution in [0.15, 0.2) is 43.0 Å². The molecular weight excluding hydrogens is 252 g/mol. The Kier molecular flexibility index (Phi) is 3.44. The van der Waals surface area contributed by atoms with E-state index in [9.17, 15) is 0 Å². The van der Waals surface area contributed by atoms with E-state index in [0.717, 1.165) is 6.42 Å². The zero-order chi connectivity index (χ0) is 14.2. The van der Waals surface area contributed by atoms with Gasteiger partial charge in [0.05, 0.1) is 12.7 Å². The first-order valence-corrected chi connectivity index (χ1v) is 7.16. The summed E-state index contributed by atoms with van der Waals surface area (Å²) in [4.78, 5) is 0. The second kappa shape index (κ2) is 4.99. The molecule has 108 valence electrons. The number of rotatable bonds is 4. The van der Waals surface area contributed by atoms with Crippen molar-refractivity contribution in [3.8, 4) is 0 Å². The summed E-state index contributed by atoms with van der Waals surface area (Å²) in [7, 11) is 0. The van der Waals surface area contributed by atoms with Crippen LogP contribution in [0.1, 0.15) is 19.4 Å². The molecule has 0 spiro atoms. The summed E-state index contributed by atoms with van der Waals surface area (Å²) in [5.74, 6) is -0.611. The quantitative estimate of drug-likeness (QED) is 0.790. The van der Waals surface area contributed by atoms with Gasteiger partial charge in [0.25, 0.3) is 0 Å². The summed E-state index contributed by atoms with van der Waals surface area (Å²) < 4.78 is 18.2. The van der Waals surface area contributed by atoms with Gasteiger partial charge in [0, 0.05) is 11.8 Å². The Balaban J connectivity index is 1.73. The average Bonchev–Trinajstić information content (AvgIpc) is 2.76. The Morgan fingerprint density at radius 1 is 1.35 bits per heavy atom. The Morgan fingerprint density at radius 2 is 2.10 bits per heavy atom. The third-order valence-corrected chi connectivity index (χ3v) is 4.27. The van der Waals surface area contributed by atoms with Gasteiger partial charge in [-0.05, 0) is 5.56 Å². The summed E-state index contributed by atoms with van der Waals surface area (Å²) in [6, 6.07) is 10.3. The maximum absolute atomic E-state index is 6.19. The molecule has 0 amide bonds. The number of hydrogen-bond donors (Lipinski definition) is 0. The summed E-state index contributed by atoms with van der Waals surface area (Å²) in [5.41, 5.74) is 1.09. The topological polar surface area (TPSA) is 27.7 Å². The van der Waals surface area contributed by atoms with Gasteiger partial charge in [0.2, 0.25) is 0 Å². The highest BCUT2D eigenvalue weighted by atomic mass is 16.8. The van der Waals surface area contributed by atoms with Crippen molar-refractivity contribution in [3.05, 3.63) is 48.6 Å². The van der Waals surface area contributed by atoms with Gasteiger partial charge in [0.1, 0.15) is 12.7 Å². The zero-order valence-corrected chi connectivity index (χ0v) is 12.2. The molecule has 0 saturated carbocycles. The van der Waals surface area contributed by atoms with Gasteiger partial charge in [-0.25, -0.2) is 0 Å². The van der Waals surface area contributed by atoms with E-state index in [0.29, 0.717) is 13.2 Å². The molecule has 2 aliphatic rings. The molecule has 2 saturated heterocycles. The van der Waals surface area contributed by atoms with E-state index in [4.69, 9.17) is 14.2 Å². The molecule has 0 radical (unpaired) electrons. The molecule has 2 bridgehead atoms. The normalized spacial score (nSPS) is 33.1. The number of benzene rings is 1. The van der Waals surface area contributed by atoms with Crippen molar-refractivity contribution in [2.45, 2.75) is 38.3 Å². The fraction of sp³-hybridized carbons (Fsp3) is 0.529. The lowest BCUT2D eigenvalue weighted by atomic mass is 9.83. The molecule has 0 N–H and O–H groups in total. The minimum atomic E-state index is -0.611. The summed E-state index contributed by atoms with van der Waals surface area (Å²) in [6.07, 6.45) is 2.65. The molecule has 3 atom stereocenters. The van der Waals surface area contributed by atoms with Crippen LogP contribution in [0.2, 0.25) is 0 Å². The lowest BCUT2D eigenvalue weighted by Gasteiger charge is -2.41. The first-order valence-electron chi connectivity index (χ1n) is 7.16. The number of fused-ring (bicyclic) bond motifs is 2. The van der Waals surface area contributed by atoms with Crippen molar-refractivity contribution in [1.82, 2.24) is 0 Å². The molecule has 1 aromatic carbocycles. The van der Waals surface area contributed by atoms with Gasteiger partial charge in [-0.2, -0.15) is 0 Å². The average molecular weight is 274 g/mol. The monoisotopic (exact) mass is 274 g/mol. The van der Waals surface area contributed by atoms with Crippen molar-refractivity contribution in [1.29, 1.82) is 0 Å². The van der Waals surface area contributed by atoms with E-state index in [1.54, 1.807) is 0 Å². The van der Waals surface area contributed by atoms with Gasteiger partial charge in [-0.15, -0.1) is 6.58 Å².